The minimum Gasteiger partial charge on any atom is -0.444 e. The minimum absolute atomic E-state index is 0.305. The lowest BCUT2D eigenvalue weighted by Crippen LogP contribution is -2.27. The van der Waals surface area contributed by atoms with E-state index >= 15 is 0 Å². The number of hydrogen-bond donors (Lipinski definition) is 1. The number of thiocarbonyl (C=S) groups is 1. The van der Waals surface area contributed by atoms with Crippen molar-refractivity contribution in [3.05, 3.63) is 69.8 Å². The molecule has 0 saturated carbocycles. The molecular formula is C17H10N2O3S. The van der Waals surface area contributed by atoms with Crippen molar-refractivity contribution in [2.45, 2.75) is 5.92 Å². The van der Waals surface area contributed by atoms with Crippen LogP contribution in [0.1, 0.15) is 17.2 Å². The number of hydrogen-bond acceptors (Lipinski definition) is 5. The summed E-state index contributed by atoms with van der Waals surface area (Å²) >= 11 is 5.41. The highest BCUT2D eigenvalue weighted by Crippen LogP contribution is 2.48. The summed E-state index contributed by atoms with van der Waals surface area (Å²) in [5.74, 6) is 0.623. The second kappa shape index (κ2) is 4.11. The molecule has 5 rings (SSSR count). The van der Waals surface area contributed by atoms with Crippen molar-refractivity contribution in [1.82, 2.24) is 4.57 Å². The standard InChI is InChI=1S/C17H10N2O3S/c18-15-13-11(9-5-3-7-19(9)15)12-14(22-17(13)23)8-4-1-2-6-10(8)21-16(12)20/h1-7,11H,18H2. The van der Waals surface area contributed by atoms with E-state index in [4.69, 9.17) is 27.1 Å². The van der Waals surface area contributed by atoms with Crippen molar-refractivity contribution in [3.8, 4) is 5.75 Å². The molecule has 0 radical (unpaired) electrons. The topological polar surface area (TPSA) is 70.4 Å². The molecule has 0 spiro atoms. The Morgan fingerprint density at radius 1 is 1.17 bits per heavy atom. The van der Waals surface area contributed by atoms with Crippen LogP contribution in [0.4, 0.5) is 0 Å². The van der Waals surface area contributed by atoms with Crippen molar-refractivity contribution in [2.75, 3.05) is 0 Å². The number of fused-ring (bicyclic) bond motifs is 7. The van der Waals surface area contributed by atoms with Gasteiger partial charge < -0.3 is 19.5 Å². The molecule has 4 heterocycles. The second-order valence-electron chi connectivity index (χ2n) is 5.55. The van der Waals surface area contributed by atoms with Gasteiger partial charge in [-0.2, -0.15) is 0 Å². The molecule has 0 fully saturated rings. The van der Waals surface area contributed by atoms with Crippen LogP contribution in [0, 0.1) is 0 Å². The third kappa shape index (κ3) is 1.46. The SMILES string of the molecule is NC1=C2C(=S)Oc3c(c(=O)oc4ccccc34)C2c2cccn21. The second-order valence-corrected chi connectivity index (χ2v) is 5.92. The number of nitrogens with two attached hydrogens (primary N) is 1. The molecule has 0 amide bonds. The van der Waals surface area contributed by atoms with Crippen LogP contribution in [0.25, 0.3) is 16.8 Å². The quantitative estimate of drug-likeness (QED) is 0.509. The fourth-order valence-electron chi connectivity index (χ4n) is 3.43. The Bertz CT molecular complexity index is 1110. The highest BCUT2D eigenvalue weighted by atomic mass is 32.1. The maximum absolute atomic E-state index is 12.6. The molecule has 1 atom stereocenters. The van der Waals surface area contributed by atoms with Gasteiger partial charge >= 0.3 is 5.63 Å². The molecule has 2 aliphatic heterocycles. The zero-order chi connectivity index (χ0) is 15.7. The monoisotopic (exact) mass is 322 g/mol. The van der Waals surface area contributed by atoms with Crippen molar-refractivity contribution < 1.29 is 9.15 Å². The number of benzene rings is 1. The van der Waals surface area contributed by atoms with Gasteiger partial charge in [-0.05, 0) is 36.5 Å². The first kappa shape index (κ1) is 12.7. The van der Waals surface area contributed by atoms with Crippen LogP contribution in [-0.2, 0) is 0 Å². The Kier molecular flexibility index (Phi) is 2.26. The smallest absolute Gasteiger partial charge is 0.344 e. The van der Waals surface area contributed by atoms with E-state index in [-0.39, 0.29) is 5.92 Å². The molecular weight excluding hydrogens is 312 g/mol. The summed E-state index contributed by atoms with van der Waals surface area (Å²) in [7, 11) is 0. The maximum atomic E-state index is 12.6. The van der Waals surface area contributed by atoms with Gasteiger partial charge in [0.1, 0.15) is 11.4 Å². The van der Waals surface area contributed by atoms with Gasteiger partial charge in [-0.15, -0.1) is 0 Å². The van der Waals surface area contributed by atoms with E-state index in [1.165, 1.54) is 0 Å². The zero-order valence-electron chi connectivity index (χ0n) is 11.8. The lowest BCUT2D eigenvalue weighted by atomic mass is 9.88. The Morgan fingerprint density at radius 3 is 2.87 bits per heavy atom. The van der Waals surface area contributed by atoms with Gasteiger partial charge in [0.2, 0.25) is 0 Å². The van der Waals surface area contributed by atoms with Crippen LogP contribution in [-0.4, -0.2) is 9.62 Å². The van der Waals surface area contributed by atoms with Crippen molar-refractivity contribution in [1.29, 1.82) is 0 Å². The van der Waals surface area contributed by atoms with E-state index in [2.05, 4.69) is 0 Å². The highest BCUT2D eigenvalue weighted by molar-refractivity contribution is 7.80. The summed E-state index contributed by atoms with van der Waals surface area (Å²) in [6, 6.07) is 11.1. The summed E-state index contributed by atoms with van der Waals surface area (Å²) < 4.78 is 13.1. The van der Waals surface area contributed by atoms with Gasteiger partial charge in [-0.25, -0.2) is 4.79 Å². The molecule has 112 valence electrons. The number of para-hydroxylation sites is 1. The van der Waals surface area contributed by atoms with Crippen LogP contribution in [0.15, 0.2) is 57.4 Å². The Morgan fingerprint density at radius 2 is 2.00 bits per heavy atom. The molecule has 0 aliphatic carbocycles. The van der Waals surface area contributed by atoms with Gasteiger partial charge in [-0.3, -0.25) is 0 Å². The first-order valence-corrected chi connectivity index (χ1v) is 7.53. The molecule has 5 nitrogen and oxygen atoms in total. The van der Waals surface area contributed by atoms with E-state index in [1.807, 2.05) is 41.1 Å². The van der Waals surface area contributed by atoms with Gasteiger partial charge in [0, 0.05) is 11.9 Å². The molecule has 23 heavy (non-hydrogen) atoms. The lowest BCUT2D eigenvalue weighted by Gasteiger charge is -2.24. The zero-order valence-corrected chi connectivity index (χ0v) is 12.6. The van der Waals surface area contributed by atoms with Gasteiger partial charge in [0.05, 0.1) is 22.4 Å². The third-order valence-electron chi connectivity index (χ3n) is 4.40. The van der Waals surface area contributed by atoms with Crippen LogP contribution in [0.3, 0.4) is 0 Å². The number of nitrogens with zero attached hydrogens (tertiary/aromatic N) is 1. The number of ether oxygens (including phenoxy) is 1. The van der Waals surface area contributed by atoms with Gasteiger partial charge in [0.15, 0.2) is 10.8 Å². The third-order valence-corrected chi connectivity index (χ3v) is 4.71. The van der Waals surface area contributed by atoms with Crippen LogP contribution in [0.5, 0.6) is 5.75 Å². The van der Waals surface area contributed by atoms with Crippen LogP contribution in [0.2, 0.25) is 0 Å². The van der Waals surface area contributed by atoms with Gasteiger partial charge in [0.25, 0.3) is 0 Å². The van der Waals surface area contributed by atoms with Crippen LogP contribution < -0.4 is 16.1 Å². The number of rotatable bonds is 0. The largest absolute Gasteiger partial charge is 0.444 e. The first-order valence-electron chi connectivity index (χ1n) is 7.12. The maximum Gasteiger partial charge on any atom is 0.344 e. The fourth-order valence-corrected chi connectivity index (χ4v) is 3.74. The normalized spacial score (nSPS) is 18.6. The fraction of sp³-hybridized carbons (Fsp3) is 0.0588. The predicted molar refractivity (Wildman–Crippen MR) is 89.4 cm³/mol. The minimum atomic E-state index is -0.425. The molecule has 6 heteroatoms. The Balaban J connectivity index is 1.94. The van der Waals surface area contributed by atoms with E-state index in [1.54, 1.807) is 6.07 Å². The summed E-state index contributed by atoms with van der Waals surface area (Å²) in [6.07, 6.45) is 1.85. The van der Waals surface area contributed by atoms with Gasteiger partial charge in [-0.1, -0.05) is 12.1 Å². The highest BCUT2D eigenvalue weighted by Gasteiger charge is 2.42. The van der Waals surface area contributed by atoms with Crippen LogP contribution >= 0.6 is 12.2 Å². The molecule has 0 bridgehead atoms. The van der Waals surface area contributed by atoms with E-state index in [0.29, 0.717) is 33.3 Å². The molecule has 3 aromatic rings. The first-order chi connectivity index (χ1) is 11.2. The van der Waals surface area contributed by atoms with E-state index < -0.39 is 5.63 Å². The molecule has 1 aromatic carbocycles. The Labute approximate surface area is 135 Å². The predicted octanol–water partition coefficient (Wildman–Crippen LogP) is 2.59. The molecule has 2 N–H and O–H groups in total. The van der Waals surface area contributed by atoms with Crippen molar-refractivity contribution in [2.24, 2.45) is 5.73 Å². The summed E-state index contributed by atoms with van der Waals surface area (Å²) in [6.45, 7) is 0. The van der Waals surface area contributed by atoms with Crippen molar-refractivity contribution >= 4 is 34.1 Å². The average molecular weight is 322 g/mol. The lowest BCUT2D eigenvalue weighted by molar-refractivity contribution is 0.497. The summed E-state index contributed by atoms with van der Waals surface area (Å²) in [5.41, 5.74) is 8.26. The number of aromatic nitrogens is 1. The molecule has 2 aromatic heterocycles. The molecule has 1 unspecified atom stereocenters. The average Bonchev–Trinajstić information content (AvgIpc) is 3.11. The Hall–Kier alpha value is -2.86. The molecule has 2 aliphatic rings. The van der Waals surface area contributed by atoms with E-state index in [0.717, 1.165) is 11.1 Å². The van der Waals surface area contributed by atoms with E-state index in [9.17, 15) is 4.79 Å². The summed E-state index contributed by atoms with van der Waals surface area (Å²) in [5, 5.41) is 1.03. The molecule has 0 saturated heterocycles. The van der Waals surface area contributed by atoms with Crippen molar-refractivity contribution in [3.63, 3.8) is 0 Å². The summed E-state index contributed by atoms with van der Waals surface area (Å²) in [4.78, 5) is 12.6.